The highest BCUT2D eigenvalue weighted by molar-refractivity contribution is 5.70. The zero-order valence-corrected chi connectivity index (χ0v) is 32.6. The van der Waals surface area contributed by atoms with E-state index >= 15 is 0 Å². The van der Waals surface area contributed by atoms with Gasteiger partial charge in [-0.15, -0.1) is 0 Å². The quantitative estimate of drug-likeness (QED) is 0.103. The number of rotatable bonds is 6. The monoisotopic (exact) mass is 842 g/mol. The molecule has 2 aliphatic carbocycles. The third kappa shape index (κ3) is 6.21. The Morgan fingerprint density at radius 2 is 0.968 bits per heavy atom. The molecular formula is C48H42O14. The predicted molar refractivity (Wildman–Crippen MR) is 219 cm³/mol. The smallest absolute Gasteiger partial charge is 0.229 e. The Labute approximate surface area is 353 Å². The van der Waals surface area contributed by atoms with Crippen molar-refractivity contribution in [3.63, 3.8) is 0 Å². The molecular weight excluding hydrogens is 801 g/mol. The van der Waals surface area contributed by atoms with Gasteiger partial charge < -0.3 is 70.4 Å². The van der Waals surface area contributed by atoms with Crippen molar-refractivity contribution in [3.05, 3.63) is 159 Å². The zero-order valence-electron chi connectivity index (χ0n) is 32.6. The molecule has 0 bridgehead atoms. The van der Waals surface area contributed by atoms with Crippen LogP contribution < -0.4 is 9.47 Å². The molecule has 11 atom stereocenters. The summed E-state index contributed by atoms with van der Waals surface area (Å²) >= 11 is 0. The van der Waals surface area contributed by atoms with Crippen molar-refractivity contribution >= 4 is 0 Å². The lowest BCUT2D eigenvalue weighted by Gasteiger charge is -2.40. The number of aliphatic hydroxyl groups excluding tert-OH is 4. The molecule has 2 aliphatic heterocycles. The molecule has 318 valence electrons. The number of hydrogen-bond donors (Lipinski definition) is 11. The maximum absolute atomic E-state index is 12.3. The molecule has 10 rings (SSSR count). The van der Waals surface area contributed by atoms with Crippen LogP contribution in [0.5, 0.6) is 51.7 Å². The number of benzene rings is 6. The van der Waals surface area contributed by atoms with Gasteiger partial charge in [0.2, 0.25) is 6.29 Å². The van der Waals surface area contributed by atoms with E-state index in [1.165, 1.54) is 54.6 Å². The van der Waals surface area contributed by atoms with E-state index in [-0.39, 0.29) is 46.0 Å². The Morgan fingerprint density at radius 1 is 0.468 bits per heavy atom. The Hall–Kier alpha value is -6.68. The number of aliphatic hydroxyl groups is 4. The lowest BCUT2D eigenvalue weighted by atomic mass is 9.63. The third-order valence-corrected chi connectivity index (χ3v) is 13.0. The van der Waals surface area contributed by atoms with E-state index in [1.807, 2.05) is 0 Å². The summed E-state index contributed by atoms with van der Waals surface area (Å²) in [5.41, 5.74) is 4.96. The van der Waals surface area contributed by atoms with Gasteiger partial charge in [-0.1, -0.05) is 36.4 Å². The number of fused-ring (bicyclic) bond motifs is 6. The topological polar surface area (TPSA) is 250 Å². The standard InChI is InChI=1S/C48H42O14/c49-19-35-44(57)45(58)46(59)48(62-35)61-34-18-28(55)14-30-39(34)37(21-3-9-24(51)10-4-21)42-31-15-27(54)17-33-40(31)43(47(60-33)22-5-11-25(52)12-6-22)29-13-26(53)16-32(56)38(29)36(41(30)42)20-1-7-23(50)8-2-20/h1-18,35-37,41-59H,19H2. The van der Waals surface area contributed by atoms with E-state index in [1.54, 1.807) is 54.6 Å². The first-order valence-corrected chi connectivity index (χ1v) is 20.1. The van der Waals surface area contributed by atoms with Crippen molar-refractivity contribution < 1.29 is 70.4 Å². The van der Waals surface area contributed by atoms with Gasteiger partial charge in [-0.3, -0.25) is 0 Å². The maximum atomic E-state index is 12.3. The van der Waals surface area contributed by atoms with E-state index in [0.717, 1.165) is 0 Å². The minimum absolute atomic E-state index is 0.000303. The van der Waals surface area contributed by atoms with Gasteiger partial charge in [0, 0.05) is 58.6 Å². The normalized spacial score (nSPS) is 28.1. The molecule has 62 heavy (non-hydrogen) atoms. The third-order valence-electron chi connectivity index (χ3n) is 13.0. The molecule has 0 saturated carbocycles. The summed E-state index contributed by atoms with van der Waals surface area (Å²) in [7, 11) is 0. The fraction of sp³-hybridized carbons (Fsp3) is 0.250. The van der Waals surface area contributed by atoms with Crippen molar-refractivity contribution in [1.82, 2.24) is 0 Å². The Balaban J connectivity index is 1.30. The number of hydrogen-bond acceptors (Lipinski definition) is 14. The highest BCUT2D eigenvalue weighted by Gasteiger charge is 2.55. The molecule has 0 spiro atoms. The fourth-order valence-corrected chi connectivity index (χ4v) is 10.4. The number of aromatic hydroxyl groups is 7. The van der Waals surface area contributed by atoms with Gasteiger partial charge in [0.1, 0.15) is 82.3 Å². The van der Waals surface area contributed by atoms with Crippen molar-refractivity contribution in [1.29, 1.82) is 0 Å². The molecule has 14 nitrogen and oxygen atoms in total. The molecule has 14 heteroatoms. The van der Waals surface area contributed by atoms with Crippen LogP contribution in [-0.4, -0.2) is 93.5 Å². The summed E-state index contributed by atoms with van der Waals surface area (Å²) in [5.74, 6) is -4.49. The highest BCUT2D eigenvalue weighted by Crippen LogP contribution is 2.69. The predicted octanol–water partition coefficient (Wildman–Crippen LogP) is 5.23. The summed E-state index contributed by atoms with van der Waals surface area (Å²) < 4.78 is 19.0. The van der Waals surface area contributed by atoms with Crippen LogP contribution in [-0.2, 0) is 4.74 Å². The first-order valence-electron chi connectivity index (χ1n) is 20.1. The highest BCUT2D eigenvalue weighted by atomic mass is 16.7. The van der Waals surface area contributed by atoms with E-state index in [2.05, 4.69) is 0 Å². The maximum Gasteiger partial charge on any atom is 0.229 e. The Bertz CT molecular complexity index is 2680. The first kappa shape index (κ1) is 39.5. The van der Waals surface area contributed by atoms with E-state index in [9.17, 15) is 56.2 Å². The van der Waals surface area contributed by atoms with Crippen molar-refractivity contribution in [3.8, 4) is 51.7 Å². The summed E-state index contributed by atoms with van der Waals surface area (Å²) in [6.07, 6.45) is -9.03. The van der Waals surface area contributed by atoms with Gasteiger partial charge in [0.25, 0.3) is 0 Å². The molecule has 0 radical (unpaired) electrons. The molecule has 6 aromatic carbocycles. The second kappa shape index (κ2) is 14.8. The SMILES string of the molecule is OCC1OC(Oc2cc(O)cc3c2C(c2ccc(O)cc2)C2c4cc(O)cc5c4C(c4cc(O)cc(O)c4C(c4ccc(O)cc4)C32)C(c2ccc(O)cc2)O5)C(O)C(O)C1O. The van der Waals surface area contributed by atoms with Crippen LogP contribution in [0.1, 0.15) is 85.8 Å². The molecule has 2 heterocycles. The molecule has 6 aromatic rings. The average molecular weight is 843 g/mol. The summed E-state index contributed by atoms with van der Waals surface area (Å²) in [5, 5.41) is 121. The molecule has 4 aliphatic rings. The van der Waals surface area contributed by atoms with Crippen LogP contribution in [0.4, 0.5) is 0 Å². The summed E-state index contributed by atoms with van der Waals surface area (Å²) in [6, 6.07) is 28.3. The second-order valence-electron chi connectivity index (χ2n) is 16.5. The van der Waals surface area contributed by atoms with Crippen molar-refractivity contribution in [2.24, 2.45) is 0 Å². The molecule has 11 unspecified atom stereocenters. The van der Waals surface area contributed by atoms with Gasteiger partial charge in [-0.05, 0) is 88.0 Å². The van der Waals surface area contributed by atoms with Crippen LogP contribution in [0.25, 0.3) is 0 Å². The van der Waals surface area contributed by atoms with E-state index in [4.69, 9.17) is 14.2 Å². The number of phenolic OH excluding ortho intramolecular Hbond substituents is 7. The molecule has 0 aromatic heterocycles. The van der Waals surface area contributed by atoms with Gasteiger partial charge in [-0.2, -0.15) is 0 Å². The van der Waals surface area contributed by atoms with Crippen LogP contribution in [0.2, 0.25) is 0 Å². The van der Waals surface area contributed by atoms with Gasteiger partial charge >= 0.3 is 0 Å². The summed E-state index contributed by atoms with van der Waals surface area (Å²) in [6.45, 7) is -0.715. The van der Waals surface area contributed by atoms with Gasteiger partial charge in [0.15, 0.2) is 0 Å². The fourth-order valence-electron chi connectivity index (χ4n) is 10.4. The van der Waals surface area contributed by atoms with E-state index < -0.39 is 73.0 Å². The lowest BCUT2D eigenvalue weighted by Crippen LogP contribution is -2.60. The number of ether oxygens (including phenoxy) is 3. The molecule has 11 N–H and O–H groups in total. The first-order chi connectivity index (χ1) is 29.8. The Kier molecular flexibility index (Phi) is 9.39. The average Bonchev–Trinajstić information content (AvgIpc) is 3.78. The van der Waals surface area contributed by atoms with E-state index in [0.29, 0.717) is 55.8 Å². The van der Waals surface area contributed by atoms with Crippen LogP contribution in [0, 0.1) is 0 Å². The largest absolute Gasteiger partial charge is 0.508 e. The van der Waals surface area contributed by atoms with Crippen molar-refractivity contribution in [2.75, 3.05) is 6.61 Å². The van der Waals surface area contributed by atoms with Crippen LogP contribution in [0.15, 0.2) is 109 Å². The molecule has 1 fully saturated rings. The number of phenols is 7. The van der Waals surface area contributed by atoms with Crippen LogP contribution in [0.3, 0.4) is 0 Å². The van der Waals surface area contributed by atoms with Crippen molar-refractivity contribution in [2.45, 2.75) is 66.4 Å². The van der Waals surface area contributed by atoms with Gasteiger partial charge in [-0.25, -0.2) is 0 Å². The Morgan fingerprint density at radius 3 is 1.55 bits per heavy atom. The minimum atomic E-state index is -1.81. The summed E-state index contributed by atoms with van der Waals surface area (Å²) in [4.78, 5) is 0. The molecule has 1 saturated heterocycles. The second-order valence-corrected chi connectivity index (χ2v) is 16.5. The zero-order chi connectivity index (χ0) is 43.3. The van der Waals surface area contributed by atoms with Crippen LogP contribution >= 0.6 is 0 Å². The van der Waals surface area contributed by atoms with Gasteiger partial charge in [0.05, 0.1) is 12.5 Å². The lowest BCUT2D eigenvalue weighted by molar-refractivity contribution is -0.277. The minimum Gasteiger partial charge on any atom is -0.508 e. The molecule has 0 amide bonds.